The van der Waals surface area contributed by atoms with E-state index in [1.165, 1.54) is 0 Å². The molecular formula is C14H20N2O2. The van der Waals surface area contributed by atoms with Gasteiger partial charge in [0.1, 0.15) is 0 Å². The average molecular weight is 248 g/mol. The minimum absolute atomic E-state index is 0.134. The molecule has 1 unspecified atom stereocenters. The number of amides is 1. The fourth-order valence-corrected chi connectivity index (χ4v) is 2.33. The molecule has 1 atom stereocenters. The van der Waals surface area contributed by atoms with Crippen molar-refractivity contribution >= 4 is 11.6 Å². The van der Waals surface area contributed by atoms with Crippen LogP contribution in [0.2, 0.25) is 0 Å². The van der Waals surface area contributed by atoms with Crippen LogP contribution >= 0.6 is 0 Å². The zero-order valence-corrected chi connectivity index (χ0v) is 10.8. The maximum absolute atomic E-state index is 12.2. The molecule has 1 heterocycles. The highest BCUT2D eigenvalue weighted by Crippen LogP contribution is 2.16. The molecule has 1 saturated heterocycles. The lowest BCUT2D eigenvalue weighted by molar-refractivity contribution is -0.134. The van der Waals surface area contributed by atoms with Gasteiger partial charge < -0.3 is 15.4 Å². The van der Waals surface area contributed by atoms with Crippen LogP contribution in [0, 0.1) is 0 Å². The predicted octanol–water partition coefficient (Wildman–Crippen LogP) is 1.45. The van der Waals surface area contributed by atoms with Gasteiger partial charge in [0, 0.05) is 25.9 Å². The van der Waals surface area contributed by atoms with Gasteiger partial charge in [-0.1, -0.05) is 18.2 Å². The highest BCUT2D eigenvalue weighted by atomic mass is 16.5. The van der Waals surface area contributed by atoms with Crippen molar-refractivity contribution in [1.29, 1.82) is 0 Å². The van der Waals surface area contributed by atoms with Gasteiger partial charge in [-0.15, -0.1) is 0 Å². The van der Waals surface area contributed by atoms with Crippen molar-refractivity contribution in [3.05, 3.63) is 29.8 Å². The molecule has 18 heavy (non-hydrogen) atoms. The Kier molecular flexibility index (Phi) is 4.20. The normalized spacial score (nSPS) is 19.8. The molecule has 1 fully saturated rings. The highest BCUT2D eigenvalue weighted by Gasteiger charge is 2.23. The van der Waals surface area contributed by atoms with Crippen molar-refractivity contribution < 1.29 is 9.53 Å². The third kappa shape index (κ3) is 3.01. The van der Waals surface area contributed by atoms with Crippen molar-refractivity contribution in [3.8, 4) is 0 Å². The van der Waals surface area contributed by atoms with Crippen LogP contribution in [-0.4, -0.2) is 37.1 Å². The number of hydrogen-bond acceptors (Lipinski definition) is 3. The lowest BCUT2D eigenvalue weighted by atomic mass is 10.1. The van der Waals surface area contributed by atoms with E-state index in [2.05, 4.69) is 0 Å². The number of para-hydroxylation sites is 1. The number of carbonyl (C=O) groups is 1. The van der Waals surface area contributed by atoms with Gasteiger partial charge in [-0.05, 0) is 24.5 Å². The van der Waals surface area contributed by atoms with E-state index in [1.807, 2.05) is 29.2 Å². The van der Waals surface area contributed by atoms with Crippen molar-refractivity contribution in [2.75, 3.05) is 25.9 Å². The third-order valence-corrected chi connectivity index (χ3v) is 3.46. The summed E-state index contributed by atoms with van der Waals surface area (Å²) in [6.45, 7) is 1.52. The Balaban J connectivity index is 1.97. The molecule has 4 nitrogen and oxygen atoms in total. The van der Waals surface area contributed by atoms with Gasteiger partial charge in [0.15, 0.2) is 0 Å². The maximum Gasteiger partial charge on any atom is 0.227 e. The van der Waals surface area contributed by atoms with Crippen LogP contribution in [0.1, 0.15) is 18.4 Å². The number of nitrogens with zero attached hydrogens (tertiary/aromatic N) is 1. The Bertz CT molecular complexity index is 420. The van der Waals surface area contributed by atoms with Gasteiger partial charge in [0.25, 0.3) is 0 Å². The van der Waals surface area contributed by atoms with Crippen LogP contribution in [0.4, 0.5) is 5.69 Å². The Hall–Kier alpha value is -1.55. The first-order chi connectivity index (χ1) is 8.70. The molecule has 98 valence electrons. The second-order valence-corrected chi connectivity index (χ2v) is 4.72. The molecule has 1 aliphatic rings. The Morgan fingerprint density at radius 3 is 3.00 bits per heavy atom. The van der Waals surface area contributed by atoms with Crippen LogP contribution in [-0.2, 0) is 16.0 Å². The largest absolute Gasteiger partial charge is 0.398 e. The molecule has 1 aromatic rings. The lowest BCUT2D eigenvalue weighted by Crippen LogP contribution is -2.43. The standard InChI is InChI=1S/C14H20N2O2/c1-18-12-6-4-8-16(10-12)14(17)9-11-5-2-3-7-13(11)15/h2-3,5,7,12H,4,6,8-10,15H2,1H3. The molecule has 1 aromatic carbocycles. The lowest BCUT2D eigenvalue weighted by Gasteiger charge is -2.32. The zero-order chi connectivity index (χ0) is 13.0. The monoisotopic (exact) mass is 248 g/mol. The van der Waals surface area contributed by atoms with Gasteiger partial charge in [0.05, 0.1) is 12.5 Å². The van der Waals surface area contributed by atoms with Crippen molar-refractivity contribution in [2.24, 2.45) is 0 Å². The van der Waals surface area contributed by atoms with Crippen LogP contribution < -0.4 is 5.73 Å². The summed E-state index contributed by atoms with van der Waals surface area (Å²) in [5.74, 6) is 0.134. The number of methoxy groups -OCH3 is 1. The van der Waals surface area contributed by atoms with E-state index in [4.69, 9.17) is 10.5 Å². The first-order valence-corrected chi connectivity index (χ1v) is 6.34. The van der Waals surface area contributed by atoms with E-state index in [1.54, 1.807) is 7.11 Å². The Morgan fingerprint density at radius 1 is 1.50 bits per heavy atom. The number of anilines is 1. The summed E-state index contributed by atoms with van der Waals surface area (Å²) in [7, 11) is 1.70. The molecule has 2 N–H and O–H groups in total. The molecule has 2 rings (SSSR count). The summed E-state index contributed by atoms with van der Waals surface area (Å²) in [4.78, 5) is 14.1. The average Bonchev–Trinajstić information content (AvgIpc) is 2.41. The van der Waals surface area contributed by atoms with E-state index in [0.717, 1.165) is 24.9 Å². The van der Waals surface area contributed by atoms with Gasteiger partial charge in [-0.25, -0.2) is 0 Å². The molecule has 1 aliphatic heterocycles. The van der Waals surface area contributed by atoms with E-state index < -0.39 is 0 Å². The molecule has 0 bridgehead atoms. The smallest absolute Gasteiger partial charge is 0.227 e. The van der Waals surface area contributed by atoms with E-state index in [9.17, 15) is 4.79 Å². The molecule has 0 saturated carbocycles. The molecule has 1 amide bonds. The van der Waals surface area contributed by atoms with Gasteiger partial charge in [-0.2, -0.15) is 0 Å². The Labute approximate surface area is 108 Å². The van der Waals surface area contributed by atoms with Gasteiger partial charge in [0.2, 0.25) is 5.91 Å². The van der Waals surface area contributed by atoms with E-state index >= 15 is 0 Å². The van der Waals surface area contributed by atoms with Gasteiger partial charge in [-0.3, -0.25) is 4.79 Å². The third-order valence-electron chi connectivity index (χ3n) is 3.46. The number of rotatable bonds is 3. The van der Waals surface area contributed by atoms with Crippen LogP contribution in [0.15, 0.2) is 24.3 Å². The molecule has 0 aliphatic carbocycles. The van der Waals surface area contributed by atoms with Crippen LogP contribution in [0.3, 0.4) is 0 Å². The number of ether oxygens (including phenoxy) is 1. The summed E-state index contributed by atoms with van der Waals surface area (Å²) < 4.78 is 5.33. The fraction of sp³-hybridized carbons (Fsp3) is 0.500. The second-order valence-electron chi connectivity index (χ2n) is 4.72. The quantitative estimate of drug-likeness (QED) is 0.824. The summed E-state index contributed by atoms with van der Waals surface area (Å²) in [5.41, 5.74) is 7.45. The summed E-state index contributed by atoms with van der Waals surface area (Å²) in [6.07, 6.45) is 2.60. The molecule has 4 heteroatoms. The molecule has 0 aromatic heterocycles. The minimum Gasteiger partial charge on any atom is -0.398 e. The van der Waals surface area contributed by atoms with Crippen LogP contribution in [0.25, 0.3) is 0 Å². The number of nitrogens with two attached hydrogens (primary N) is 1. The SMILES string of the molecule is COC1CCCN(C(=O)Cc2ccccc2N)C1. The number of piperidine rings is 1. The van der Waals surface area contributed by atoms with Crippen molar-refractivity contribution in [1.82, 2.24) is 4.90 Å². The summed E-state index contributed by atoms with van der Waals surface area (Å²) in [5, 5.41) is 0. The Morgan fingerprint density at radius 2 is 2.28 bits per heavy atom. The summed E-state index contributed by atoms with van der Waals surface area (Å²) in [6, 6.07) is 7.53. The topological polar surface area (TPSA) is 55.6 Å². The number of carbonyl (C=O) groups excluding carboxylic acids is 1. The number of benzene rings is 1. The van der Waals surface area contributed by atoms with E-state index in [0.29, 0.717) is 18.7 Å². The highest BCUT2D eigenvalue weighted by molar-refractivity contribution is 5.80. The molecule has 0 spiro atoms. The maximum atomic E-state index is 12.2. The number of likely N-dealkylation sites (tertiary alicyclic amines) is 1. The molecule has 0 radical (unpaired) electrons. The number of hydrogen-bond donors (Lipinski definition) is 1. The van der Waals surface area contributed by atoms with Gasteiger partial charge >= 0.3 is 0 Å². The zero-order valence-electron chi connectivity index (χ0n) is 10.8. The fourth-order valence-electron chi connectivity index (χ4n) is 2.33. The predicted molar refractivity (Wildman–Crippen MR) is 71.2 cm³/mol. The first kappa shape index (κ1) is 12.9. The molecular weight excluding hydrogens is 228 g/mol. The van der Waals surface area contributed by atoms with Crippen molar-refractivity contribution in [2.45, 2.75) is 25.4 Å². The van der Waals surface area contributed by atoms with Crippen molar-refractivity contribution in [3.63, 3.8) is 0 Å². The van der Waals surface area contributed by atoms with Crippen LogP contribution in [0.5, 0.6) is 0 Å². The second kappa shape index (κ2) is 5.87. The minimum atomic E-state index is 0.134. The van der Waals surface area contributed by atoms with E-state index in [-0.39, 0.29) is 12.0 Å². The first-order valence-electron chi connectivity index (χ1n) is 6.34. The number of nitrogen functional groups attached to an aromatic ring is 1. The summed E-state index contributed by atoms with van der Waals surface area (Å²) >= 11 is 0.